The lowest BCUT2D eigenvalue weighted by Crippen LogP contribution is -2.14. The van der Waals surface area contributed by atoms with E-state index in [9.17, 15) is 4.39 Å². The zero-order valence-corrected chi connectivity index (χ0v) is 18.4. The van der Waals surface area contributed by atoms with Gasteiger partial charge in [0.25, 0.3) is 0 Å². The quantitative estimate of drug-likeness (QED) is 0.296. The minimum atomic E-state index is -0.839. The summed E-state index contributed by atoms with van der Waals surface area (Å²) in [6.45, 7) is 1.88. The summed E-state index contributed by atoms with van der Waals surface area (Å²) in [5.41, 5.74) is 7.84. The molecule has 29 heavy (non-hydrogen) atoms. The number of hydrogen-bond acceptors (Lipinski definition) is 7. The van der Waals surface area contributed by atoms with Crippen molar-refractivity contribution in [3.05, 3.63) is 33.2 Å². The Bertz CT molecular complexity index is 1060. The van der Waals surface area contributed by atoms with Gasteiger partial charge >= 0.3 is 6.08 Å². The van der Waals surface area contributed by atoms with Crippen molar-refractivity contribution >= 4 is 39.6 Å². The van der Waals surface area contributed by atoms with Gasteiger partial charge in [-0.05, 0) is 73.8 Å². The van der Waals surface area contributed by atoms with Gasteiger partial charge in [-0.2, -0.15) is 14.4 Å². The van der Waals surface area contributed by atoms with Crippen LogP contribution in [-0.4, -0.2) is 51.9 Å². The molecule has 0 atom stereocenters. The minimum Gasteiger partial charge on any atom is -0.454 e. The highest BCUT2D eigenvalue weighted by Crippen LogP contribution is 2.36. The number of aryl methyl sites for hydroxylation is 1. The van der Waals surface area contributed by atoms with E-state index in [0.717, 1.165) is 45.8 Å². The molecule has 0 amide bonds. The Morgan fingerprint density at radius 3 is 2.69 bits per heavy atom. The van der Waals surface area contributed by atoms with Crippen molar-refractivity contribution in [1.82, 2.24) is 24.4 Å². The Kier molecular flexibility index (Phi) is 5.72. The van der Waals surface area contributed by atoms with Gasteiger partial charge in [-0.15, -0.1) is 0 Å². The average Bonchev–Trinajstić information content (AvgIpc) is 3.23. The van der Waals surface area contributed by atoms with E-state index in [4.69, 9.17) is 15.2 Å². The van der Waals surface area contributed by atoms with Crippen LogP contribution in [0.3, 0.4) is 0 Å². The van der Waals surface area contributed by atoms with Crippen molar-refractivity contribution in [3.63, 3.8) is 0 Å². The van der Waals surface area contributed by atoms with Crippen LogP contribution in [0.1, 0.15) is 24.2 Å². The molecule has 10 heteroatoms. The summed E-state index contributed by atoms with van der Waals surface area (Å²) in [6.07, 6.45) is 1.63. The molecule has 4 rings (SSSR count). The van der Waals surface area contributed by atoms with Crippen molar-refractivity contribution < 1.29 is 13.9 Å². The van der Waals surface area contributed by atoms with Crippen LogP contribution in [0.15, 0.2) is 12.1 Å². The Hall–Kier alpha value is -2.21. The van der Waals surface area contributed by atoms with Crippen molar-refractivity contribution in [2.75, 3.05) is 33.2 Å². The summed E-state index contributed by atoms with van der Waals surface area (Å²) in [6, 6.07) is 3.92. The summed E-state index contributed by atoms with van der Waals surface area (Å²) >= 11 is 2.27. The number of benzene rings is 1. The lowest BCUT2D eigenvalue weighted by Gasteiger charge is -2.12. The molecule has 1 aromatic carbocycles. The first kappa shape index (κ1) is 20.1. The van der Waals surface area contributed by atoms with Gasteiger partial charge in [-0.3, -0.25) is 0 Å². The predicted molar refractivity (Wildman–Crippen MR) is 116 cm³/mol. The summed E-state index contributed by atoms with van der Waals surface area (Å²) in [4.78, 5) is 14.4. The molecule has 0 bridgehead atoms. The first-order chi connectivity index (χ1) is 13.9. The summed E-state index contributed by atoms with van der Waals surface area (Å²) < 4.78 is 27.8. The van der Waals surface area contributed by atoms with E-state index >= 15 is 0 Å². The number of hydrogen-bond donors (Lipinski definition) is 1. The van der Waals surface area contributed by atoms with Gasteiger partial charge in [0, 0.05) is 16.5 Å². The van der Waals surface area contributed by atoms with Gasteiger partial charge in [0.2, 0.25) is 6.79 Å². The SMILES string of the molecule is CN(C)CCCCn1c(Cc2cc3c(cc2I)OCO3)nc2c(N)nc(F)nc21. The van der Waals surface area contributed by atoms with Crippen molar-refractivity contribution in [2.45, 2.75) is 25.8 Å². The summed E-state index contributed by atoms with van der Waals surface area (Å²) in [5.74, 6) is 2.29. The third-order valence-corrected chi connectivity index (χ3v) is 5.80. The number of ether oxygens (including phenoxy) is 2. The number of nitrogens with zero attached hydrogens (tertiary/aromatic N) is 5. The van der Waals surface area contributed by atoms with Crippen LogP contribution in [0, 0.1) is 9.65 Å². The van der Waals surface area contributed by atoms with E-state index in [-0.39, 0.29) is 12.6 Å². The molecule has 154 valence electrons. The highest BCUT2D eigenvalue weighted by atomic mass is 127. The van der Waals surface area contributed by atoms with Gasteiger partial charge in [0.05, 0.1) is 0 Å². The summed E-state index contributed by atoms with van der Waals surface area (Å²) in [7, 11) is 4.09. The second-order valence-corrected chi connectivity index (χ2v) is 8.38. The van der Waals surface area contributed by atoms with Gasteiger partial charge in [-0.25, -0.2) is 4.98 Å². The third kappa shape index (κ3) is 4.22. The summed E-state index contributed by atoms with van der Waals surface area (Å²) in [5, 5.41) is 0. The van der Waals surface area contributed by atoms with Crippen LogP contribution < -0.4 is 15.2 Å². The number of unbranched alkanes of at least 4 members (excludes halogenated alkanes) is 1. The topological polar surface area (TPSA) is 91.3 Å². The van der Waals surface area contributed by atoms with E-state index in [2.05, 4.69) is 42.4 Å². The van der Waals surface area contributed by atoms with Gasteiger partial charge in [0.1, 0.15) is 5.82 Å². The number of rotatable bonds is 7. The van der Waals surface area contributed by atoms with Crippen LogP contribution in [0.2, 0.25) is 0 Å². The molecule has 2 aromatic heterocycles. The molecule has 0 saturated heterocycles. The van der Waals surface area contributed by atoms with E-state index in [0.29, 0.717) is 24.1 Å². The molecule has 0 fully saturated rings. The molecule has 0 saturated carbocycles. The molecule has 0 aliphatic carbocycles. The monoisotopic (exact) mass is 512 g/mol. The molecule has 1 aliphatic rings. The lowest BCUT2D eigenvalue weighted by molar-refractivity contribution is 0.174. The molecular weight excluding hydrogens is 490 g/mol. The van der Waals surface area contributed by atoms with E-state index in [1.807, 2.05) is 30.8 Å². The Morgan fingerprint density at radius 1 is 1.17 bits per heavy atom. The minimum absolute atomic E-state index is 0.0566. The molecule has 0 unspecified atom stereocenters. The number of anilines is 1. The van der Waals surface area contributed by atoms with Gasteiger partial charge < -0.3 is 24.7 Å². The molecule has 0 radical (unpaired) electrons. The highest BCUT2D eigenvalue weighted by molar-refractivity contribution is 14.1. The maximum Gasteiger partial charge on any atom is 0.312 e. The number of fused-ring (bicyclic) bond motifs is 2. The Balaban J connectivity index is 1.69. The van der Waals surface area contributed by atoms with Gasteiger partial charge in [0.15, 0.2) is 28.5 Å². The largest absolute Gasteiger partial charge is 0.454 e. The van der Waals surface area contributed by atoms with Crippen LogP contribution >= 0.6 is 22.6 Å². The van der Waals surface area contributed by atoms with E-state index < -0.39 is 6.08 Å². The number of nitrogen functional groups attached to an aromatic ring is 1. The average molecular weight is 512 g/mol. The van der Waals surface area contributed by atoms with Gasteiger partial charge in [-0.1, -0.05) is 0 Å². The number of nitrogens with two attached hydrogens (primary N) is 1. The molecule has 0 spiro atoms. The van der Waals surface area contributed by atoms with E-state index in [1.165, 1.54) is 0 Å². The molecule has 3 heterocycles. The smallest absolute Gasteiger partial charge is 0.312 e. The Labute approximate surface area is 181 Å². The van der Waals surface area contributed by atoms with E-state index in [1.54, 1.807) is 0 Å². The maximum atomic E-state index is 13.8. The molecule has 1 aliphatic heterocycles. The second kappa shape index (κ2) is 8.27. The first-order valence-corrected chi connectivity index (χ1v) is 10.4. The van der Waals surface area contributed by atoms with Crippen molar-refractivity contribution in [1.29, 1.82) is 0 Å². The van der Waals surface area contributed by atoms with Crippen LogP contribution in [0.4, 0.5) is 10.2 Å². The molecule has 8 nitrogen and oxygen atoms in total. The predicted octanol–water partition coefficient (Wildman–Crippen LogP) is 2.81. The first-order valence-electron chi connectivity index (χ1n) is 9.33. The van der Waals surface area contributed by atoms with Crippen molar-refractivity contribution in [2.24, 2.45) is 0 Å². The van der Waals surface area contributed by atoms with Crippen molar-refractivity contribution in [3.8, 4) is 11.5 Å². The fourth-order valence-corrected chi connectivity index (χ4v) is 4.00. The number of halogens is 2. The highest BCUT2D eigenvalue weighted by Gasteiger charge is 2.20. The molecule has 2 N–H and O–H groups in total. The zero-order valence-electron chi connectivity index (χ0n) is 16.3. The fourth-order valence-electron chi connectivity index (χ4n) is 3.37. The normalized spacial score (nSPS) is 13.0. The standard InChI is InChI=1S/C19H22FIN6O2/c1-26(2)5-3-4-6-27-15(23-16-17(22)24-19(20)25-18(16)27)8-11-7-13-14(9-12(11)21)29-10-28-13/h7,9H,3-6,8,10H2,1-2H3,(H2,22,24,25). The van der Waals surface area contributed by atoms with Crippen LogP contribution in [-0.2, 0) is 13.0 Å². The molecule has 3 aromatic rings. The number of imidazole rings is 1. The Morgan fingerprint density at radius 2 is 1.93 bits per heavy atom. The molecular formula is C19H22FIN6O2. The lowest BCUT2D eigenvalue weighted by atomic mass is 10.1. The third-order valence-electron chi connectivity index (χ3n) is 4.80. The fraction of sp³-hybridized carbons (Fsp3) is 0.421. The van der Waals surface area contributed by atoms with Crippen LogP contribution in [0.5, 0.6) is 11.5 Å². The second-order valence-electron chi connectivity index (χ2n) is 7.21. The maximum absolute atomic E-state index is 13.8. The zero-order chi connectivity index (χ0) is 20.5. The number of aromatic nitrogens is 4. The van der Waals surface area contributed by atoms with Crippen LogP contribution in [0.25, 0.3) is 11.2 Å².